The summed E-state index contributed by atoms with van der Waals surface area (Å²) in [6.07, 6.45) is 14.4. The van der Waals surface area contributed by atoms with E-state index in [1.54, 1.807) is 61.7 Å². The predicted octanol–water partition coefficient (Wildman–Crippen LogP) is 7.54. The Morgan fingerprint density at radius 1 is 0.325 bits per heavy atom. The van der Waals surface area contributed by atoms with E-state index in [4.69, 9.17) is 61.6 Å². The summed E-state index contributed by atoms with van der Waals surface area (Å²) < 4.78 is 0. The number of aryl methyl sites for hydroxylation is 4. The zero-order valence-electron chi connectivity index (χ0n) is 41.9. The van der Waals surface area contributed by atoms with Gasteiger partial charge in [-0.15, -0.1) is 0 Å². The van der Waals surface area contributed by atoms with Gasteiger partial charge in [0, 0.05) is 60.7 Å². The monoisotopic (exact) mass is 1200 g/mol. The topological polar surface area (TPSA) is 240 Å². The van der Waals surface area contributed by atoms with E-state index in [-0.39, 0.29) is 140 Å². The van der Waals surface area contributed by atoms with Crippen molar-refractivity contribution in [3.63, 3.8) is 0 Å². The van der Waals surface area contributed by atoms with Crippen LogP contribution >= 0.6 is 23.2 Å². The first kappa shape index (κ1) is 109. The van der Waals surface area contributed by atoms with E-state index < -0.39 is 0 Å². The first-order chi connectivity index (χ1) is 34.0. The molecule has 80 heavy (non-hydrogen) atoms. The van der Waals surface area contributed by atoms with Gasteiger partial charge < -0.3 is 24.8 Å². The van der Waals surface area contributed by atoms with Crippen LogP contribution in [0.1, 0.15) is 94.5 Å². The number of rotatable bonds is 2. The molecule has 8 rings (SSSR count). The average Bonchev–Trinajstić information content (AvgIpc) is 3.39. The molecule has 0 amide bonds. The molecule has 0 atom stereocenters. The molecule has 0 radical (unpaired) electrons. The molecule has 0 aliphatic heterocycles. The first-order valence-corrected chi connectivity index (χ1v) is 21.1. The molecule has 0 unspecified atom stereocenters. The summed E-state index contributed by atoms with van der Waals surface area (Å²) in [6.45, 7) is 16.3. The Balaban J connectivity index is -0.0000000512. The van der Waals surface area contributed by atoms with Crippen LogP contribution in [0.25, 0.3) is 22.8 Å². The summed E-state index contributed by atoms with van der Waals surface area (Å²) in [5.41, 5.74) is 7.20. The fourth-order valence-corrected chi connectivity index (χ4v) is 4.03. The van der Waals surface area contributed by atoms with Gasteiger partial charge in [-0.1, -0.05) is 146 Å². The predicted molar refractivity (Wildman–Crippen MR) is 313 cm³/mol. The molecule has 0 aliphatic rings. The minimum absolute atomic E-state index is 0. The quantitative estimate of drug-likeness (QED) is 0.0923. The third-order valence-electron chi connectivity index (χ3n) is 6.59. The second-order valence-corrected chi connectivity index (χ2v) is 12.1. The second-order valence-electron chi connectivity index (χ2n) is 11.4. The molecule has 0 N–H and O–H groups in total. The van der Waals surface area contributed by atoms with Gasteiger partial charge in [0.1, 0.15) is 0 Å². The fourth-order valence-electron chi connectivity index (χ4n) is 3.80. The minimum atomic E-state index is 0. The maximum atomic E-state index is 8.12. The maximum Gasteiger partial charge on any atom is 2.00 e. The van der Waals surface area contributed by atoms with Crippen LogP contribution in [-0.2, 0) is 38.4 Å². The Hall–Kier alpha value is -6.59. The van der Waals surface area contributed by atoms with E-state index in [0.29, 0.717) is 10.6 Å². The third-order valence-corrected chi connectivity index (χ3v) is 6.98. The molecular weight excluding hydrogens is 1130 g/mol. The molecule has 0 spiro atoms. The van der Waals surface area contributed by atoms with Crippen molar-refractivity contribution in [3.05, 3.63) is 216 Å². The average molecular weight is 1200 g/mol. The molecule has 0 bridgehead atoms. The number of nitrogens with zero attached hydrogens (tertiary/aromatic N) is 8. The molecular formula is C58H76Cl4Mg2N8O8. The molecule has 0 saturated carbocycles. The summed E-state index contributed by atoms with van der Waals surface area (Å²) in [5.74, 6) is 1.56. The summed E-state index contributed by atoms with van der Waals surface area (Å²) in [5, 5.41) is 0.588. The van der Waals surface area contributed by atoms with Gasteiger partial charge in [-0.3, -0.25) is 0 Å². The molecule has 0 saturated heterocycles. The molecule has 4 heterocycles. The van der Waals surface area contributed by atoms with Gasteiger partial charge in [0.15, 0.2) is 11.6 Å². The molecule has 428 valence electrons. The van der Waals surface area contributed by atoms with Gasteiger partial charge in [0.25, 0.3) is 0 Å². The number of hydrogen-bond acceptors (Lipinski definition) is 16. The molecule has 4 aromatic carbocycles. The Bertz CT molecular complexity index is 2250. The van der Waals surface area contributed by atoms with E-state index in [1.165, 1.54) is 22.3 Å². The molecule has 0 aliphatic carbocycles. The summed E-state index contributed by atoms with van der Waals surface area (Å²) in [6, 6.07) is 45.1. The number of benzene rings is 4. The maximum absolute atomic E-state index is 8.12. The van der Waals surface area contributed by atoms with Crippen molar-refractivity contribution < 1.29 is 63.2 Å². The molecule has 0 fully saturated rings. The standard InChI is InChI=1S/2C11H10N2.2C7H7.2C4H3ClN2.2C2H6.4CO2.6CH4.2ClH.2Mg/c2*1-9-3-5-10(6-4-9)11-12-7-2-8-13-11;2*1-7-5-3-2-4-6-7;2*5-4-6-2-1-3-7-4;2*1-2;4*2-1-3;;;;;;;;;;/h2*2-8H,1H3;2*3-6H,1H3;2*1-3H;2*1-2H3;;;;;6*1H4;2*1H;;/q;;2*-1;;;;;;;;;;;;;;;;;2*+2/p-2. The van der Waals surface area contributed by atoms with Gasteiger partial charge in [0.05, 0.1) is 0 Å². The van der Waals surface area contributed by atoms with Crippen LogP contribution in [-0.4, -0.2) is 111 Å². The van der Waals surface area contributed by atoms with Crippen LogP contribution in [0.15, 0.2) is 171 Å². The summed E-state index contributed by atoms with van der Waals surface area (Å²) in [7, 11) is 0. The van der Waals surface area contributed by atoms with Gasteiger partial charge in [0.2, 0.25) is 10.6 Å². The van der Waals surface area contributed by atoms with Crippen molar-refractivity contribution in [1.29, 1.82) is 0 Å². The van der Waals surface area contributed by atoms with Crippen molar-refractivity contribution >= 4 is 93.9 Å². The molecule has 8 aromatic rings. The Morgan fingerprint density at radius 3 is 0.625 bits per heavy atom. The van der Waals surface area contributed by atoms with Crippen molar-refractivity contribution in [2.24, 2.45) is 0 Å². The van der Waals surface area contributed by atoms with Crippen molar-refractivity contribution in [2.45, 2.75) is 99.9 Å². The van der Waals surface area contributed by atoms with Crippen LogP contribution in [0.2, 0.25) is 10.6 Å². The summed E-state index contributed by atoms with van der Waals surface area (Å²) in [4.78, 5) is 96.2. The number of hydrogen-bond donors (Lipinski definition) is 0. The minimum Gasteiger partial charge on any atom is -1.00 e. The Kier molecular flexibility index (Phi) is 118. The first-order valence-electron chi connectivity index (χ1n) is 20.3. The third kappa shape index (κ3) is 73.5. The normalized spacial score (nSPS) is 6.83. The molecule has 16 nitrogen and oxygen atoms in total. The number of halogens is 4. The smallest absolute Gasteiger partial charge is 1.00 e. The van der Waals surface area contributed by atoms with Crippen molar-refractivity contribution in [1.82, 2.24) is 39.9 Å². The largest absolute Gasteiger partial charge is 2.00 e. The van der Waals surface area contributed by atoms with Crippen molar-refractivity contribution in [3.8, 4) is 22.8 Å². The number of carbonyl (C=O) groups excluding carboxylic acids is 8. The van der Waals surface area contributed by atoms with Crippen LogP contribution < -0.4 is 24.8 Å². The van der Waals surface area contributed by atoms with E-state index >= 15 is 0 Å². The zero-order valence-corrected chi connectivity index (χ0v) is 47.8. The van der Waals surface area contributed by atoms with Crippen molar-refractivity contribution in [2.75, 3.05) is 0 Å². The zero-order chi connectivity index (χ0) is 53.5. The van der Waals surface area contributed by atoms with Crippen LogP contribution in [0, 0.1) is 39.8 Å². The molecule has 4 aromatic heterocycles. The van der Waals surface area contributed by atoms with E-state index in [0.717, 1.165) is 22.8 Å². The second kappa shape index (κ2) is 86.3. The van der Waals surface area contributed by atoms with Gasteiger partial charge in [-0.25, -0.2) is 39.9 Å². The fraction of sp³-hybridized carbons (Fsp3) is 0.241. The van der Waals surface area contributed by atoms with E-state index in [1.807, 2.05) is 113 Å². The Labute approximate surface area is 531 Å². The van der Waals surface area contributed by atoms with Gasteiger partial charge >= 0.3 is 70.7 Å². The van der Waals surface area contributed by atoms with Gasteiger partial charge in [-0.2, -0.15) is 110 Å². The number of aromatic nitrogens is 8. The van der Waals surface area contributed by atoms with Crippen LogP contribution in [0.4, 0.5) is 0 Å². The SMILES string of the molecule is C.C.C.C.C.C.CC.CC.Cc1cc[c-]cc1.Cc1cc[c-]cc1.Cc1ccc(-c2ncccn2)cc1.Cc1ccc(-c2ncccn2)cc1.Clc1ncccn1.Clc1ncccn1.O=C=O.O=C=O.O=C=O.O=C=O.[Cl-].[Cl-].[Mg+2].[Mg+2]. The van der Waals surface area contributed by atoms with E-state index in [2.05, 4.69) is 104 Å². The van der Waals surface area contributed by atoms with E-state index in [9.17, 15) is 0 Å². The van der Waals surface area contributed by atoms with Gasteiger partial charge in [-0.05, 0) is 61.3 Å². The summed E-state index contributed by atoms with van der Waals surface area (Å²) >= 11 is 10.6. The molecule has 22 heteroatoms. The Morgan fingerprint density at radius 2 is 0.487 bits per heavy atom. The van der Waals surface area contributed by atoms with Crippen LogP contribution in [0.3, 0.4) is 0 Å². The van der Waals surface area contributed by atoms with Crippen LogP contribution in [0.5, 0.6) is 0 Å².